The Bertz CT molecular complexity index is 706. The zero-order valence-corrected chi connectivity index (χ0v) is 15.3. The number of fused-ring (bicyclic) bond motifs is 3. The average molecular weight is 368 g/mol. The molecule has 0 radical (unpaired) electrons. The fourth-order valence-electron chi connectivity index (χ4n) is 3.80. The number of rotatable bonds is 3. The number of ether oxygens (including phenoxy) is 4. The highest BCUT2D eigenvalue weighted by Gasteiger charge is 2.58. The van der Waals surface area contributed by atoms with E-state index in [0.717, 1.165) is 0 Å². The molecule has 0 spiro atoms. The predicted molar refractivity (Wildman–Crippen MR) is 87.5 cm³/mol. The highest BCUT2D eigenvalue weighted by molar-refractivity contribution is 5.95. The molecule has 2 N–H and O–H groups in total. The molecule has 8 heteroatoms. The molecule has 0 saturated carbocycles. The molecule has 1 fully saturated rings. The number of esters is 2. The molecular weight excluding hydrogens is 344 g/mol. The Kier molecular flexibility index (Phi) is 4.51. The van der Waals surface area contributed by atoms with E-state index in [1.807, 2.05) is 0 Å². The van der Waals surface area contributed by atoms with Crippen LogP contribution >= 0.6 is 0 Å². The van der Waals surface area contributed by atoms with Crippen LogP contribution in [0.4, 0.5) is 0 Å². The average Bonchev–Trinajstić information content (AvgIpc) is 2.97. The first-order valence-electron chi connectivity index (χ1n) is 8.50. The van der Waals surface area contributed by atoms with E-state index in [4.69, 9.17) is 18.9 Å². The predicted octanol–water partition coefficient (Wildman–Crippen LogP) is 0.714. The standard InChI is InChI=1S/C18H24O8/c1-10(19)24-13-8-17(3,21)18(22)6-5-16(2,26-18)7-12-14(13)11(9-23-4)15(20)25-12/h7,13,21-22H,5-6,8-9H2,1-4H3/b12-7+/t13-,16-,17+,18+/m0/s1. The van der Waals surface area contributed by atoms with Crippen LogP contribution < -0.4 is 0 Å². The molecule has 2 bridgehead atoms. The van der Waals surface area contributed by atoms with Gasteiger partial charge in [0.05, 0.1) is 17.8 Å². The Morgan fingerprint density at radius 2 is 2.04 bits per heavy atom. The summed E-state index contributed by atoms with van der Waals surface area (Å²) in [6.07, 6.45) is 1.03. The van der Waals surface area contributed by atoms with E-state index in [2.05, 4.69) is 0 Å². The molecule has 144 valence electrons. The van der Waals surface area contributed by atoms with Crippen LogP contribution in [0.2, 0.25) is 0 Å². The molecule has 0 aromatic carbocycles. The van der Waals surface area contributed by atoms with Gasteiger partial charge in [0.25, 0.3) is 0 Å². The smallest absolute Gasteiger partial charge is 0.342 e. The van der Waals surface area contributed by atoms with Crippen molar-refractivity contribution >= 4 is 11.9 Å². The van der Waals surface area contributed by atoms with Gasteiger partial charge in [0, 0.05) is 32.4 Å². The summed E-state index contributed by atoms with van der Waals surface area (Å²) < 4.78 is 21.7. The molecule has 3 aliphatic rings. The molecule has 0 amide bonds. The van der Waals surface area contributed by atoms with Crippen LogP contribution in [-0.2, 0) is 28.5 Å². The lowest BCUT2D eigenvalue weighted by molar-refractivity contribution is -0.298. The first-order valence-corrected chi connectivity index (χ1v) is 8.50. The third-order valence-corrected chi connectivity index (χ3v) is 5.18. The van der Waals surface area contributed by atoms with E-state index in [1.165, 1.54) is 21.0 Å². The Balaban J connectivity index is 2.19. The minimum atomic E-state index is -1.82. The zero-order valence-electron chi connectivity index (χ0n) is 15.3. The number of aliphatic hydroxyl groups is 2. The summed E-state index contributed by atoms with van der Waals surface area (Å²) in [4.78, 5) is 24.0. The van der Waals surface area contributed by atoms with Crippen LogP contribution in [0.3, 0.4) is 0 Å². The van der Waals surface area contributed by atoms with Crippen molar-refractivity contribution in [2.45, 2.75) is 63.1 Å². The van der Waals surface area contributed by atoms with Gasteiger partial charge in [-0.05, 0) is 26.3 Å². The van der Waals surface area contributed by atoms with Crippen LogP contribution in [0.5, 0.6) is 0 Å². The second-order valence-electron chi connectivity index (χ2n) is 7.50. The summed E-state index contributed by atoms with van der Waals surface area (Å²) in [7, 11) is 1.43. The third kappa shape index (κ3) is 3.07. The summed E-state index contributed by atoms with van der Waals surface area (Å²) >= 11 is 0. The van der Waals surface area contributed by atoms with Crippen molar-refractivity contribution in [1.29, 1.82) is 0 Å². The lowest BCUT2D eigenvalue weighted by atomic mass is 9.82. The molecule has 0 aromatic heterocycles. The Morgan fingerprint density at radius 1 is 1.35 bits per heavy atom. The van der Waals surface area contributed by atoms with E-state index >= 15 is 0 Å². The van der Waals surface area contributed by atoms with Crippen LogP contribution in [0, 0.1) is 0 Å². The SMILES string of the molecule is COCC1=C2/C(=C\[C@]3(C)CC[C@@](O)(O3)[C@](C)(O)C[C@@H]2OC(C)=O)OC1=O. The second-order valence-corrected chi connectivity index (χ2v) is 7.50. The van der Waals surface area contributed by atoms with Crippen molar-refractivity contribution < 1.29 is 38.7 Å². The van der Waals surface area contributed by atoms with Gasteiger partial charge in [-0.1, -0.05) is 0 Å². The van der Waals surface area contributed by atoms with Gasteiger partial charge in [-0.2, -0.15) is 0 Å². The van der Waals surface area contributed by atoms with E-state index < -0.39 is 35.0 Å². The molecule has 4 atom stereocenters. The van der Waals surface area contributed by atoms with Crippen molar-refractivity contribution in [2.75, 3.05) is 13.7 Å². The number of carbonyl (C=O) groups is 2. The Morgan fingerprint density at radius 3 is 2.65 bits per heavy atom. The van der Waals surface area contributed by atoms with E-state index in [1.54, 1.807) is 13.0 Å². The molecule has 3 rings (SSSR count). The fraction of sp³-hybridized carbons (Fsp3) is 0.667. The molecule has 8 nitrogen and oxygen atoms in total. The normalized spacial score (nSPS) is 41.5. The van der Waals surface area contributed by atoms with Crippen LogP contribution in [0.1, 0.15) is 40.0 Å². The number of hydrogen-bond donors (Lipinski definition) is 2. The van der Waals surface area contributed by atoms with E-state index in [0.29, 0.717) is 12.0 Å². The van der Waals surface area contributed by atoms with Gasteiger partial charge in [-0.3, -0.25) is 4.79 Å². The molecular formula is C18H24O8. The zero-order chi connectivity index (χ0) is 19.3. The van der Waals surface area contributed by atoms with E-state index in [-0.39, 0.29) is 30.8 Å². The van der Waals surface area contributed by atoms with Gasteiger partial charge in [0.1, 0.15) is 17.5 Å². The third-order valence-electron chi connectivity index (χ3n) is 5.18. The topological polar surface area (TPSA) is 112 Å². The number of hydrogen-bond acceptors (Lipinski definition) is 8. The van der Waals surface area contributed by atoms with Gasteiger partial charge in [-0.25, -0.2) is 4.79 Å². The summed E-state index contributed by atoms with van der Waals surface area (Å²) in [5.74, 6) is -2.79. The molecule has 26 heavy (non-hydrogen) atoms. The maximum Gasteiger partial charge on any atom is 0.342 e. The number of methoxy groups -OCH3 is 1. The summed E-state index contributed by atoms with van der Waals surface area (Å²) in [5.41, 5.74) is -2.12. The van der Waals surface area contributed by atoms with Crippen molar-refractivity contribution in [1.82, 2.24) is 0 Å². The van der Waals surface area contributed by atoms with E-state index in [9.17, 15) is 19.8 Å². The molecule has 0 aliphatic carbocycles. The minimum absolute atomic E-state index is 0.0345. The second kappa shape index (κ2) is 6.16. The lowest BCUT2D eigenvalue weighted by Gasteiger charge is -2.40. The van der Waals surface area contributed by atoms with Crippen molar-refractivity contribution in [3.05, 3.63) is 23.0 Å². The monoisotopic (exact) mass is 368 g/mol. The van der Waals surface area contributed by atoms with Gasteiger partial charge >= 0.3 is 11.9 Å². The molecule has 3 aliphatic heterocycles. The van der Waals surface area contributed by atoms with Gasteiger partial charge in [-0.15, -0.1) is 0 Å². The van der Waals surface area contributed by atoms with Crippen molar-refractivity contribution in [2.24, 2.45) is 0 Å². The Hall–Kier alpha value is -1.74. The van der Waals surface area contributed by atoms with Gasteiger partial charge in [0.2, 0.25) is 0 Å². The first kappa shape index (κ1) is 19.0. The number of carbonyl (C=O) groups excluding carboxylic acids is 2. The fourth-order valence-corrected chi connectivity index (χ4v) is 3.80. The lowest BCUT2D eigenvalue weighted by Crippen LogP contribution is -2.54. The molecule has 1 saturated heterocycles. The van der Waals surface area contributed by atoms with Crippen LogP contribution in [-0.4, -0.2) is 59.0 Å². The molecule has 3 heterocycles. The quantitative estimate of drug-likeness (QED) is 0.701. The van der Waals surface area contributed by atoms with Gasteiger partial charge in [0.15, 0.2) is 5.79 Å². The van der Waals surface area contributed by atoms with Crippen LogP contribution in [0.15, 0.2) is 23.0 Å². The molecule has 0 unspecified atom stereocenters. The van der Waals surface area contributed by atoms with Crippen molar-refractivity contribution in [3.8, 4) is 0 Å². The maximum atomic E-state index is 12.3. The summed E-state index contributed by atoms with van der Waals surface area (Å²) in [5, 5.41) is 21.9. The maximum absolute atomic E-state index is 12.3. The van der Waals surface area contributed by atoms with Crippen LogP contribution in [0.25, 0.3) is 0 Å². The molecule has 0 aromatic rings. The Labute approximate surface area is 151 Å². The largest absolute Gasteiger partial charge is 0.457 e. The summed E-state index contributed by atoms with van der Waals surface area (Å²) in [6.45, 7) is 4.36. The highest BCUT2D eigenvalue weighted by Crippen LogP contribution is 2.49. The first-order chi connectivity index (χ1) is 12.0. The minimum Gasteiger partial charge on any atom is -0.457 e. The van der Waals surface area contributed by atoms with Gasteiger partial charge < -0.3 is 29.2 Å². The summed E-state index contributed by atoms with van der Waals surface area (Å²) in [6, 6.07) is 0. The highest BCUT2D eigenvalue weighted by atomic mass is 16.7. The van der Waals surface area contributed by atoms with Crippen molar-refractivity contribution in [3.63, 3.8) is 0 Å².